The van der Waals surface area contributed by atoms with E-state index in [1.165, 1.54) is 0 Å². The Hall–Kier alpha value is -0.990. The van der Waals surface area contributed by atoms with E-state index in [2.05, 4.69) is 13.8 Å². The van der Waals surface area contributed by atoms with Gasteiger partial charge in [-0.1, -0.05) is 20.8 Å². The van der Waals surface area contributed by atoms with Crippen molar-refractivity contribution in [3.05, 3.63) is 11.6 Å². The quantitative estimate of drug-likeness (QED) is 0.386. The van der Waals surface area contributed by atoms with Crippen molar-refractivity contribution >= 4 is 5.97 Å². The van der Waals surface area contributed by atoms with Gasteiger partial charge < -0.3 is 29.5 Å². The Labute approximate surface area is 220 Å². The molecule has 5 fully saturated rings. The Balaban J connectivity index is 1.16. The number of carbonyl (C=O) groups excluding carboxylic acids is 1. The van der Waals surface area contributed by atoms with E-state index < -0.39 is 30.2 Å². The van der Waals surface area contributed by atoms with Crippen LogP contribution < -0.4 is 0 Å². The van der Waals surface area contributed by atoms with Crippen LogP contribution in [0.5, 0.6) is 0 Å². The predicted molar refractivity (Wildman–Crippen MR) is 136 cm³/mol. The molecule has 2 aliphatic heterocycles. The second-order valence-corrected chi connectivity index (χ2v) is 13.9. The van der Waals surface area contributed by atoms with E-state index in [1.54, 1.807) is 13.0 Å². The topological polar surface area (TPSA) is 105 Å². The summed E-state index contributed by atoms with van der Waals surface area (Å²) in [5.74, 6) is 1.07. The van der Waals surface area contributed by atoms with Gasteiger partial charge in [-0.25, -0.2) is 4.79 Å². The standard InChI is InChI=1S/C30H46O7/c1-16-25(32)26(33)17(2)36-27(16)37-20-7-10-28(3)19(14-20)5-6-23-22(28)8-11-29(4)21(9-12-30(23,29)34)18-13-24(31)35-15-18/h13,16-17,19-23,25-27,32-34H,5-12,14-15H2,1-4H3/t16-,17+,19+,20+,21-,22+,23-,25+,26-,27-,28+,29-,30+/m1/s1. The van der Waals surface area contributed by atoms with Crippen LogP contribution in [0, 0.1) is 40.4 Å². The van der Waals surface area contributed by atoms with E-state index >= 15 is 0 Å². The molecule has 0 aromatic heterocycles. The number of hydrogen-bond donors (Lipinski definition) is 3. The van der Waals surface area contributed by atoms with Gasteiger partial charge in [-0.05, 0) is 99.4 Å². The fraction of sp³-hybridized carbons (Fsp3) is 0.900. The summed E-state index contributed by atoms with van der Waals surface area (Å²) < 4.78 is 17.7. The Bertz CT molecular complexity index is 950. The predicted octanol–water partition coefficient (Wildman–Crippen LogP) is 3.73. The molecule has 2 heterocycles. The van der Waals surface area contributed by atoms with Crippen LogP contribution in [0.4, 0.5) is 0 Å². The SMILES string of the molecule is C[C@H]1[C@@H](O[C@H]2CC[C@@]3(C)[C@@H](CC[C@@H]4[C@@H]3CC[C@]3(C)[C@@H](C5=CC(=O)OC5)CC[C@]43O)C2)O[C@@H](C)[C@@H](O)[C@H]1O. The number of rotatable bonds is 3. The van der Waals surface area contributed by atoms with Crippen LogP contribution in [-0.2, 0) is 19.0 Å². The lowest BCUT2D eigenvalue weighted by molar-refractivity contribution is -0.293. The molecule has 6 aliphatic rings. The van der Waals surface area contributed by atoms with E-state index in [0.29, 0.717) is 24.4 Å². The van der Waals surface area contributed by atoms with Gasteiger partial charge in [0.15, 0.2) is 6.29 Å². The monoisotopic (exact) mass is 518 g/mol. The van der Waals surface area contributed by atoms with E-state index in [9.17, 15) is 20.1 Å². The highest BCUT2D eigenvalue weighted by Crippen LogP contribution is 2.70. The number of aliphatic hydroxyl groups is 3. The molecule has 0 aromatic carbocycles. The second-order valence-electron chi connectivity index (χ2n) is 13.9. The Morgan fingerprint density at radius 3 is 2.49 bits per heavy atom. The average molecular weight is 519 g/mol. The van der Waals surface area contributed by atoms with E-state index in [0.717, 1.165) is 63.4 Å². The molecule has 1 saturated heterocycles. The average Bonchev–Trinajstić information content (AvgIpc) is 3.41. The van der Waals surface area contributed by atoms with Gasteiger partial charge in [0.25, 0.3) is 0 Å². The zero-order valence-electron chi connectivity index (χ0n) is 22.9. The third kappa shape index (κ3) is 3.81. The molecule has 0 bridgehead atoms. The summed E-state index contributed by atoms with van der Waals surface area (Å²) in [7, 11) is 0. The fourth-order valence-corrected chi connectivity index (χ4v) is 10.0. The highest BCUT2D eigenvalue weighted by Gasteiger charge is 2.67. The van der Waals surface area contributed by atoms with Crippen LogP contribution >= 0.6 is 0 Å². The van der Waals surface area contributed by atoms with Crippen LogP contribution in [0.3, 0.4) is 0 Å². The first-order chi connectivity index (χ1) is 17.5. The van der Waals surface area contributed by atoms with E-state index in [1.807, 2.05) is 6.92 Å². The maximum atomic E-state index is 12.4. The normalized spacial score (nSPS) is 55.6. The molecule has 3 N–H and O–H groups in total. The first-order valence-corrected chi connectivity index (χ1v) is 14.7. The summed E-state index contributed by atoms with van der Waals surface area (Å²) in [6, 6.07) is 0. The Morgan fingerprint density at radius 2 is 1.76 bits per heavy atom. The third-order valence-electron chi connectivity index (χ3n) is 12.4. The molecule has 7 heteroatoms. The van der Waals surface area contributed by atoms with Crippen molar-refractivity contribution in [1.82, 2.24) is 0 Å². The number of cyclic esters (lactones) is 1. The van der Waals surface area contributed by atoms with Gasteiger partial charge in [0.05, 0.1) is 23.9 Å². The minimum Gasteiger partial charge on any atom is -0.458 e. The lowest BCUT2D eigenvalue weighted by atomic mass is 9.43. The van der Waals surface area contributed by atoms with Crippen molar-refractivity contribution in [2.24, 2.45) is 40.4 Å². The van der Waals surface area contributed by atoms with Crippen molar-refractivity contribution in [2.75, 3.05) is 6.61 Å². The summed E-state index contributed by atoms with van der Waals surface area (Å²) >= 11 is 0. The van der Waals surface area contributed by atoms with Crippen LogP contribution in [0.15, 0.2) is 11.6 Å². The molecule has 0 unspecified atom stereocenters. The first kappa shape index (κ1) is 26.2. The highest BCUT2D eigenvalue weighted by atomic mass is 16.7. The number of fused-ring (bicyclic) bond motifs is 5. The molecule has 0 aromatic rings. The Morgan fingerprint density at radius 1 is 0.973 bits per heavy atom. The smallest absolute Gasteiger partial charge is 0.331 e. The number of hydrogen-bond acceptors (Lipinski definition) is 7. The molecular weight excluding hydrogens is 472 g/mol. The molecule has 7 nitrogen and oxygen atoms in total. The summed E-state index contributed by atoms with van der Waals surface area (Å²) in [6.07, 6.45) is 8.17. The summed E-state index contributed by atoms with van der Waals surface area (Å²) in [5, 5.41) is 33.0. The van der Waals surface area contributed by atoms with Crippen molar-refractivity contribution in [2.45, 2.75) is 122 Å². The minimum atomic E-state index is -0.879. The molecule has 6 rings (SSSR count). The molecule has 4 aliphatic carbocycles. The molecular formula is C30H46O7. The molecule has 37 heavy (non-hydrogen) atoms. The number of ether oxygens (including phenoxy) is 3. The van der Waals surface area contributed by atoms with Crippen LogP contribution in [0.2, 0.25) is 0 Å². The fourth-order valence-electron chi connectivity index (χ4n) is 10.0. The molecule has 4 saturated carbocycles. The lowest BCUT2D eigenvalue weighted by Crippen LogP contribution is -2.62. The van der Waals surface area contributed by atoms with Crippen molar-refractivity contribution < 1.29 is 34.3 Å². The maximum absolute atomic E-state index is 12.4. The minimum absolute atomic E-state index is 0.0939. The van der Waals surface area contributed by atoms with Gasteiger partial charge in [-0.3, -0.25) is 0 Å². The van der Waals surface area contributed by atoms with Gasteiger partial charge in [-0.2, -0.15) is 0 Å². The van der Waals surface area contributed by atoms with Crippen LogP contribution in [-0.4, -0.2) is 64.2 Å². The van der Waals surface area contributed by atoms with E-state index in [-0.39, 0.29) is 34.7 Å². The highest BCUT2D eigenvalue weighted by molar-refractivity contribution is 5.85. The van der Waals surface area contributed by atoms with Gasteiger partial charge in [0.2, 0.25) is 0 Å². The zero-order chi connectivity index (χ0) is 26.3. The largest absolute Gasteiger partial charge is 0.458 e. The first-order valence-electron chi connectivity index (χ1n) is 14.7. The van der Waals surface area contributed by atoms with Crippen molar-refractivity contribution in [1.29, 1.82) is 0 Å². The van der Waals surface area contributed by atoms with Gasteiger partial charge >= 0.3 is 5.97 Å². The number of carbonyl (C=O) groups is 1. The summed E-state index contributed by atoms with van der Waals surface area (Å²) in [6.45, 7) is 8.82. The van der Waals surface area contributed by atoms with Crippen LogP contribution in [0.25, 0.3) is 0 Å². The molecule has 0 amide bonds. The Kier molecular flexibility index (Phi) is 6.40. The molecule has 208 valence electrons. The van der Waals surface area contributed by atoms with E-state index in [4.69, 9.17) is 14.2 Å². The van der Waals surface area contributed by atoms with Gasteiger partial charge in [0.1, 0.15) is 12.7 Å². The number of aliphatic hydroxyl groups excluding tert-OH is 2. The lowest BCUT2D eigenvalue weighted by Gasteiger charge is -2.64. The third-order valence-corrected chi connectivity index (χ3v) is 12.4. The van der Waals surface area contributed by atoms with Gasteiger partial charge in [0, 0.05) is 17.4 Å². The maximum Gasteiger partial charge on any atom is 0.331 e. The summed E-state index contributed by atoms with van der Waals surface area (Å²) in [5.41, 5.74) is 0.387. The molecule has 0 radical (unpaired) electrons. The second kappa shape index (κ2) is 9.02. The van der Waals surface area contributed by atoms with Crippen LogP contribution in [0.1, 0.15) is 85.5 Å². The zero-order valence-corrected chi connectivity index (χ0v) is 22.9. The van der Waals surface area contributed by atoms with Crippen molar-refractivity contribution in [3.63, 3.8) is 0 Å². The molecule has 0 spiro atoms. The van der Waals surface area contributed by atoms with Crippen molar-refractivity contribution in [3.8, 4) is 0 Å². The summed E-state index contributed by atoms with van der Waals surface area (Å²) in [4.78, 5) is 11.8. The number of esters is 1. The van der Waals surface area contributed by atoms with Gasteiger partial charge in [-0.15, -0.1) is 0 Å². The molecule has 13 atom stereocenters.